The largest absolute Gasteiger partial charge is 0.397 e. The number of rotatable bonds is 4. The molecule has 0 aromatic carbocycles. The molecule has 1 saturated heterocycles. The average molecular weight is 264 g/mol. The number of carbonyl (C=O) groups is 1. The van der Waals surface area contributed by atoms with Gasteiger partial charge in [0.25, 0.3) is 0 Å². The number of amides is 1. The lowest BCUT2D eigenvalue weighted by atomic mass is 10.2. The summed E-state index contributed by atoms with van der Waals surface area (Å²) in [7, 11) is 0. The molecule has 0 radical (unpaired) electrons. The summed E-state index contributed by atoms with van der Waals surface area (Å²) in [6.07, 6.45) is 2.52. The van der Waals surface area contributed by atoms with Crippen LogP contribution in [0.2, 0.25) is 0 Å². The van der Waals surface area contributed by atoms with Crippen molar-refractivity contribution in [1.82, 2.24) is 10.3 Å². The Labute approximate surface area is 112 Å². The summed E-state index contributed by atoms with van der Waals surface area (Å²) in [6, 6.07) is 3.30. The van der Waals surface area contributed by atoms with E-state index in [1.54, 1.807) is 12.3 Å². The van der Waals surface area contributed by atoms with Crippen molar-refractivity contribution in [2.75, 3.05) is 36.9 Å². The molecule has 104 valence electrons. The van der Waals surface area contributed by atoms with E-state index in [0.717, 1.165) is 12.2 Å². The number of ether oxygens (including phenoxy) is 1. The van der Waals surface area contributed by atoms with Gasteiger partial charge in [-0.3, -0.25) is 4.79 Å². The standard InChI is InChI=1S/C13H20N4O2/c1-2-5-15-13(18)11-9-19-7-6-17(11)12-4-3-10(14)8-16-12/h3-4,8,11H,2,5-7,9,14H2,1H3,(H,15,18). The number of pyridine rings is 1. The minimum Gasteiger partial charge on any atom is -0.397 e. The third-order valence-electron chi connectivity index (χ3n) is 3.05. The maximum atomic E-state index is 12.1. The van der Waals surface area contributed by atoms with Gasteiger partial charge in [-0.2, -0.15) is 0 Å². The van der Waals surface area contributed by atoms with Gasteiger partial charge in [-0.25, -0.2) is 4.98 Å². The Morgan fingerprint density at radius 2 is 2.47 bits per heavy atom. The molecule has 6 nitrogen and oxygen atoms in total. The van der Waals surface area contributed by atoms with E-state index < -0.39 is 0 Å². The van der Waals surface area contributed by atoms with Gasteiger partial charge in [0, 0.05) is 13.1 Å². The normalized spacial score (nSPS) is 19.2. The topological polar surface area (TPSA) is 80.5 Å². The summed E-state index contributed by atoms with van der Waals surface area (Å²) in [5, 5.41) is 2.90. The zero-order valence-corrected chi connectivity index (χ0v) is 11.1. The van der Waals surface area contributed by atoms with Crippen LogP contribution in [0.4, 0.5) is 11.5 Å². The molecule has 1 aliphatic rings. The molecule has 1 unspecified atom stereocenters. The van der Waals surface area contributed by atoms with Gasteiger partial charge in [-0.05, 0) is 18.6 Å². The minimum absolute atomic E-state index is 0.0137. The number of anilines is 2. The Morgan fingerprint density at radius 1 is 1.63 bits per heavy atom. The third-order valence-corrected chi connectivity index (χ3v) is 3.05. The Balaban J connectivity index is 2.11. The first-order chi connectivity index (χ1) is 9.22. The van der Waals surface area contributed by atoms with Gasteiger partial charge in [0.05, 0.1) is 25.1 Å². The molecule has 2 heterocycles. The van der Waals surface area contributed by atoms with Crippen molar-refractivity contribution in [1.29, 1.82) is 0 Å². The molecule has 1 atom stereocenters. The Hall–Kier alpha value is -1.82. The SMILES string of the molecule is CCCNC(=O)C1COCCN1c1ccc(N)cn1. The molecule has 0 saturated carbocycles. The molecule has 1 aromatic heterocycles. The highest BCUT2D eigenvalue weighted by Crippen LogP contribution is 2.18. The lowest BCUT2D eigenvalue weighted by Crippen LogP contribution is -2.54. The predicted octanol–water partition coefficient (Wildman–Crippen LogP) is 0.395. The molecule has 6 heteroatoms. The molecule has 1 fully saturated rings. The van der Waals surface area contributed by atoms with E-state index in [1.807, 2.05) is 17.9 Å². The van der Waals surface area contributed by atoms with Crippen LogP contribution in [-0.2, 0) is 9.53 Å². The number of carbonyl (C=O) groups excluding carboxylic acids is 1. The molecular formula is C13H20N4O2. The molecule has 1 aromatic rings. The molecule has 0 aliphatic carbocycles. The van der Waals surface area contributed by atoms with Crippen molar-refractivity contribution < 1.29 is 9.53 Å². The van der Waals surface area contributed by atoms with Gasteiger partial charge in [0.15, 0.2) is 0 Å². The van der Waals surface area contributed by atoms with E-state index in [1.165, 1.54) is 0 Å². The fraction of sp³-hybridized carbons (Fsp3) is 0.538. The van der Waals surface area contributed by atoms with Crippen molar-refractivity contribution in [2.24, 2.45) is 0 Å². The average Bonchev–Trinajstić information content (AvgIpc) is 2.45. The van der Waals surface area contributed by atoms with Crippen LogP contribution in [0.5, 0.6) is 0 Å². The van der Waals surface area contributed by atoms with Crippen LogP contribution in [0.15, 0.2) is 18.3 Å². The number of morpholine rings is 1. The van der Waals surface area contributed by atoms with Crippen molar-refractivity contribution in [3.05, 3.63) is 18.3 Å². The minimum atomic E-state index is -0.323. The Morgan fingerprint density at radius 3 is 3.16 bits per heavy atom. The van der Waals surface area contributed by atoms with Gasteiger partial charge >= 0.3 is 0 Å². The number of nitrogens with zero attached hydrogens (tertiary/aromatic N) is 2. The maximum absolute atomic E-state index is 12.1. The molecule has 3 N–H and O–H groups in total. The van der Waals surface area contributed by atoms with Crippen LogP contribution >= 0.6 is 0 Å². The second kappa shape index (κ2) is 6.38. The van der Waals surface area contributed by atoms with E-state index in [2.05, 4.69) is 10.3 Å². The highest BCUT2D eigenvalue weighted by atomic mass is 16.5. The van der Waals surface area contributed by atoms with Crippen LogP contribution in [0.1, 0.15) is 13.3 Å². The first-order valence-corrected chi connectivity index (χ1v) is 6.56. The van der Waals surface area contributed by atoms with Gasteiger partial charge in [0.2, 0.25) is 5.91 Å². The van der Waals surface area contributed by atoms with Crippen LogP contribution in [0, 0.1) is 0 Å². The van der Waals surface area contributed by atoms with Crippen molar-refractivity contribution in [3.8, 4) is 0 Å². The fourth-order valence-electron chi connectivity index (χ4n) is 2.03. The number of hydrogen-bond acceptors (Lipinski definition) is 5. The number of nitrogens with one attached hydrogen (secondary N) is 1. The summed E-state index contributed by atoms with van der Waals surface area (Å²) in [4.78, 5) is 18.4. The molecule has 2 rings (SSSR count). The maximum Gasteiger partial charge on any atom is 0.245 e. The van der Waals surface area contributed by atoms with Gasteiger partial charge in [0.1, 0.15) is 11.9 Å². The zero-order chi connectivity index (χ0) is 13.7. The summed E-state index contributed by atoms with van der Waals surface area (Å²) >= 11 is 0. The quantitative estimate of drug-likeness (QED) is 0.822. The Bertz CT molecular complexity index is 421. The zero-order valence-electron chi connectivity index (χ0n) is 11.1. The van der Waals surface area contributed by atoms with Crippen LogP contribution in [0.3, 0.4) is 0 Å². The van der Waals surface area contributed by atoms with E-state index in [9.17, 15) is 4.79 Å². The predicted molar refractivity (Wildman–Crippen MR) is 73.9 cm³/mol. The third kappa shape index (κ3) is 3.35. The van der Waals surface area contributed by atoms with E-state index >= 15 is 0 Å². The number of aromatic nitrogens is 1. The number of nitrogens with two attached hydrogens (primary N) is 1. The fourth-order valence-corrected chi connectivity index (χ4v) is 2.03. The van der Waals surface area contributed by atoms with Gasteiger partial charge in [-0.15, -0.1) is 0 Å². The second-order valence-corrected chi connectivity index (χ2v) is 4.52. The van der Waals surface area contributed by atoms with Gasteiger partial charge in [-0.1, -0.05) is 6.92 Å². The Kier molecular flexibility index (Phi) is 4.57. The van der Waals surface area contributed by atoms with Crippen LogP contribution in [-0.4, -0.2) is 43.2 Å². The lowest BCUT2D eigenvalue weighted by Gasteiger charge is -2.35. The summed E-state index contributed by atoms with van der Waals surface area (Å²) in [5.41, 5.74) is 6.25. The van der Waals surface area contributed by atoms with Crippen LogP contribution < -0.4 is 16.0 Å². The van der Waals surface area contributed by atoms with E-state index in [4.69, 9.17) is 10.5 Å². The monoisotopic (exact) mass is 264 g/mol. The van der Waals surface area contributed by atoms with E-state index in [0.29, 0.717) is 32.0 Å². The van der Waals surface area contributed by atoms with E-state index in [-0.39, 0.29) is 11.9 Å². The van der Waals surface area contributed by atoms with Crippen molar-refractivity contribution in [3.63, 3.8) is 0 Å². The smallest absolute Gasteiger partial charge is 0.245 e. The molecule has 1 aliphatic heterocycles. The summed E-state index contributed by atoms with van der Waals surface area (Å²) in [5.74, 6) is 0.745. The van der Waals surface area contributed by atoms with Crippen LogP contribution in [0.25, 0.3) is 0 Å². The lowest BCUT2D eigenvalue weighted by molar-refractivity contribution is -0.124. The molecule has 0 bridgehead atoms. The molecule has 1 amide bonds. The summed E-state index contributed by atoms with van der Waals surface area (Å²) in [6.45, 7) is 4.35. The van der Waals surface area contributed by atoms with Crippen molar-refractivity contribution in [2.45, 2.75) is 19.4 Å². The number of hydrogen-bond donors (Lipinski definition) is 2. The van der Waals surface area contributed by atoms with Crippen molar-refractivity contribution >= 4 is 17.4 Å². The second-order valence-electron chi connectivity index (χ2n) is 4.52. The van der Waals surface area contributed by atoms with Gasteiger partial charge < -0.3 is 20.7 Å². The highest BCUT2D eigenvalue weighted by Gasteiger charge is 2.29. The first-order valence-electron chi connectivity index (χ1n) is 6.56. The molecule has 0 spiro atoms. The molecule has 19 heavy (non-hydrogen) atoms. The summed E-state index contributed by atoms with van der Waals surface area (Å²) < 4.78 is 5.40. The highest BCUT2D eigenvalue weighted by molar-refractivity contribution is 5.85. The number of nitrogen functional groups attached to an aromatic ring is 1. The molecular weight excluding hydrogens is 244 g/mol. The first kappa shape index (κ1) is 13.6.